The molecule has 1 aromatic rings. The summed E-state index contributed by atoms with van der Waals surface area (Å²) in [6, 6.07) is 1.76. The number of benzene rings is 1. The number of hydrogen-bond acceptors (Lipinski definition) is 4. The third-order valence-electron chi connectivity index (χ3n) is 3.09. The van der Waals surface area contributed by atoms with Crippen LogP contribution in [-0.2, 0) is 0 Å². The molecule has 3 N–H and O–H groups in total. The molecule has 0 aliphatic carbocycles. The third kappa shape index (κ3) is 2.57. The first kappa shape index (κ1) is 13.5. The van der Waals surface area contributed by atoms with Gasteiger partial charge in [-0.05, 0) is 34.8 Å². The van der Waals surface area contributed by atoms with Crippen LogP contribution in [0.25, 0.3) is 0 Å². The Balaban J connectivity index is 2.50. The molecule has 1 aliphatic rings. The largest absolute Gasteiger partial charge is 0.506 e. The van der Waals surface area contributed by atoms with Crippen LogP contribution < -0.4 is 15.2 Å². The fraction of sp³-hybridized carbons (Fsp3) is 0.538. The zero-order chi connectivity index (χ0) is 13.1. The Kier molecular flexibility index (Phi) is 4.35. The number of phenolic OH excluding ortho intramolecular Hbond substituents is 1. The highest BCUT2D eigenvalue weighted by Crippen LogP contribution is 2.47. The van der Waals surface area contributed by atoms with Crippen molar-refractivity contribution in [3.05, 3.63) is 16.1 Å². The molecule has 1 aliphatic heterocycles. The summed E-state index contributed by atoms with van der Waals surface area (Å²) in [6.45, 7) is 3.84. The standard InChI is InChI=1S/C13H18BrNO3/c1-8(3-4-15)11-12(16)9(14)7-10-13(11)18-6-2-5-17-10/h7-8,16H,2-6,15H2,1H3. The molecule has 18 heavy (non-hydrogen) atoms. The van der Waals surface area contributed by atoms with Gasteiger partial charge in [-0.3, -0.25) is 0 Å². The minimum atomic E-state index is 0.128. The molecule has 1 heterocycles. The smallest absolute Gasteiger partial charge is 0.168 e. The van der Waals surface area contributed by atoms with E-state index in [0.717, 1.165) is 18.4 Å². The van der Waals surface area contributed by atoms with E-state index in [2.05, 4.69) is 15.9 Å². The van der Waals surface area contributed by atoms with Gasteiger partial charge in [0.15, 0.2) is 11.5 Å². The monoisotopic (exact) mass is 315 g/mol. The normalized spacial score (nSPS) is 16.2. The third-order valence-corrected chi connectivity index (χ3v) is 3.70. The van der Waals surface area contributed by atoms with Crippen molar-refractivity contribution in [2.45, 2.75) is 25.7 Å². The number of fused-ring (bicyclic) bond motifs is 1. The summed E-state index contributed by atoms with van der Waals surface area (Å²) in [5.41, 5.74) is 6.38. The van der Waals surface area contributed by atoms with Crippen molar-refractivity contribution in [3.8, 4) is 17.2 Å². The van der Waals surface area contributed by atoms with Crippen LogP contribution in [0.1, 0.15) is 31.2 Å². The highest BCUT2D eigenvalue weighted by atomic mass is 79.9. The van der Waals surface area contributed by atoms with Gasteiger partial charge in [0.2, 0.25) is 0 Å². The molecule has 0 bridgehead atoms. The quantitative estimate of drug-likeness (QED) is 0.900. The topological polar surface area (TPSA) is 64.7 Å². The van der Waals surface area contributed by atoms with Gasteiger partial charge >= 0.3 is 0 Å². The molecule has 1 unspecified atom stereocenters. The van der Waals surface area contributed by atoms with Crippen molar-refractivity contribution in [3.63, 3.8) is 0 Å². The lowest BCUT2D eigenvalue weighted by Crippen LogP contribution is -2.07. The molecule has 0 saturated carbocycles. The molecule has 5 heteroatoms. The second-order valence-corrected chi connectivity index (χ2v) is 5.33. The maximum absolute atomic E-state index is 10.2. The van der Waals surface area contributed by atoms with Crippen molar-refractivity contribution in [2.75, 3.05) is 19.8 Å². The SMILES string of the molecule is CC(CCN)c1c(O)c(Br)cc2c1OCCCO2. The van der Waals surface area contributed by atoms with Crippen LogP contribution in [0.15, 0.2) is 10.5 Å². The van der Waals surface area contributed by atoms with Crippen LogP contribution in [0.5, 0.6) is 17.2 Å². The number of ether oxygens (including phenoxy) is 2. The van der Waals surface area contributed by atoms with E-state index >= 15 is 0 Å². The molecule has 2 rings (SSSR count). The molecular weight excluding hydrogens is 298 g/mol. The van der Waals surface area contributed by atoms with Gasteiger partial charge in [-0.2, -0.15) is 0 Å². The van der Waals surface area contributed by atoms with E-state index in [1.165, 1.54) is 0 Å². The van der Waals surface area contributed by atoms with Crippen molar-refractivity contribution in [2.24, 2.45) is 5.73 Å². The van der Waals surface area contributed by atoms with Crippen LogP contribution in [0.2, 0.25) is 0 Å². The average Bonchev–Trinajstić information content (AvgIpc) is 2.56. The number of halogens is 1. The predicted octanol–water partition coefficient (Wildman–Crippen LogP) is 2.77. The zero-order valence-electron chi connectivity index (χ0n) is 10.4. The van der Waals surface area contributed by atoms with Crippen molar-refractivity contribution >= 4 is 15.9 Å². The van der Waals surface area contributed by atoms with Gasteiger partial charge in [0.05, 0.1) is 17.7 Å². The van der Waals surface area contributed by atoms with E-state index in [1.807, 2.05) is 6.92 Å². The molecule has 4 nitrogen and oxygen atoms in total. The first-order valence-corrected chi connectivity index (χ1v) is 6.95. The number of rotatable bonds is 3. The van der Waals surface area contributed by atoms with Crippen molar-refractivity contribution in [1.29, 1.82) is 0 Å². The lowest BCUT2D eigenvalue weighted by molar-refractivity contribution is 0.295. The summed E-state index contributed by atoms with van der Waals surface area (Å²) in [5.74, 6) is 1.70. The van der Waals surface area contributed by atoms with Gasteiger partial charge in [-0.25, -0.2) is 0 Å². The summed E-state index contributed by atoms with van der Waals surface area (Å²) in [7, 11) is 0. The van der Waals surface area contributed by atoms with Gasteiger partial charge in [-0.15, -0.1) is 0 Å². The van der Waals surface area contributed by atoms with E-state index in [-0.39, 0.29) is 11.7 Å². The molecule has 0 fully saturated rings. The summed E-state index contributed by atoms with van der Waals surface area (Å²) in [6.07, 6.45) is 1.64. The maximum atomic E-state index is 10.2. The average molecular weight is 316 g/mol. The Labute approximate surface area is 115 Å². The minimum absolute atomic E-state index is 0.128. The molecular formula is C13H18BrNO3. The minimum Gasteiger partial charge on any atom is -0.506 e. The first-order valence-electron chi connectivity index (χ1n) is 6.16. The fourth-order valence-corrected chi connectivity index (χ4v) is 2.56. The highest BCUT2D eigenvalue weighted by Gasteiger charge is 2.24. The Morgan fingerprint density at radius 3 is 2.89 bits per heavy atom. The summed E-state index contributed by atoms with van der Waals surface area (Å²) in [4.78, 5) is 0. The van der Waals surface area contributed by atoms with Crippen LogP contribution in [0, 0.1) is 0 Å². The molecule has 1 atom stereocenters. The number of nitrogens with two attached hydrogens (primary N) is 1. The molecule has 0 spiro atoms. The molecule has 0 radical (unpaired) electrons. The van der Waals surface area contributed by atoms with E-state index in [4.69, 9.17) is 15.2 Å². The second-order valence-electron chi connectivity index (χ2n) is 4.48. The number of aromatic hydroxyl groups is 1. The van der Waals surface area contributed by atoms with Crippen LogP contribution >= 0.6 is 15.9 Å². The van der Waals surface area contributed by atoms with Gasteiger partial charge in [0.25, 0.3) is 0 Å². The first-order chi connectivity index (χ1) is 8.65. The molecule has 0 saturated heterocycles. The van der Waals surface area contributed by atoms with Gasteiger partial charge in [-0.1, -0.05) is 6.92 Å². The Hall–Kier alpha value is -0.940. The van der Waals surface area contributed by atoms with Gasteiger partial charge in [0, 0.05) is 18.1 Å². The number of phenols is 1. The summed E-state index contributed by atoms with van der Waals surface area (Å²) >= 11 is 3.35. The highest BCUT2D eigenvalue weighted by molar-refractivity contribution is 9.10. The van der Waals surface area contributed by atoms with Crippen LogP contribution in [-0.4, -0.2) is 24.9 Å². The van der Waals surface area contributed by atoms with Crippen molar-refractivity contribution in [1.82, 2.24) is 0 Å². The Morgan fingerprint density at radius 1 is 1.44 bits per heavy atom. The van der Waals surface area contributed by atoms with Gasteiger partial charge < -0.3 is 20.3 Å². The van der Waals surface area contributed by atoms with E-state index < -0.39 is 0 Å². The van der Waals surface area contributed by atoms with Crippen LogP contribution in [0.3, 0.4) is 0 Å². The number of hydrogen-bond donors (Lipinski definition) is 2. The van der Waals surface area contributed by atoms with Gasteiger partial charge in [0.1, 0.15) is 5.75 Å². The zero-order valence-corrected chi connectivity index (χ0v) is 12.0. The summed E-state index contributed by atoms with van der Waals surface area (Å²) in [5, 5.41) is 10.2. The lowest BCUT2D eigenvalue weighted by Gasteiger charge is -2.19. The lowest BCUT2D eigenvalue weighted by atomic mass is 9.95. The van der Waals surface area contributed by atoms with E-state index in [1.54, 1.807) is 6.07 Å². The molecule has 100 valence electrons. The predicted molar refractivity (Wildman–Crippen MR) is 73.5 cm³/mol. The van der Waals surface area contributed by atoms with Crippen molar-refractivity contribution < 1.29 is 14.6 Å². The molecule has 0 aromatic heterocycles. The maximum Gasteiger partial charge on any atom is 0.168 e. The van der Waals surface area contributed by atoms with E-state index in [9.17, 15) is 5.11 Å². The summed E-state index contributed by atoms with van der Waals surface area (Å²) < 4.78 is 12.0. The fourth-order valence-electron chi connectivity index (χ4n) is 2.14. The molecule has 0 amide bonds. The molecule has 1 aromatic carbocycles. The van der Waals surface area contributed by atoms with Crippen LogP contribution in [0.4, 0.5) is 0 Å². The van der Waals surface area contributed by atoms with E-state index in [0.29, 0.717) is 35.7 Å². The Bertz CT molecular complexity index is 437. The Morgan fingerprint density at radius 2 is 2.17 bits per heavy atom. The second kappa shape index (κ2) is 5.80.